The van der Waals surface area contributed by atoms with Crippen LogP contribution in [-0.4, -0.2) is 43.2 Å². The molecule has 6 heteroatoms. The van der Waals surface area contributed by atoms with Gasteiger partial charge in [-0.05, 0) is 6.07 Å². The van der Waals surface area contributed by atoms with E-state index in [-0.39, 0.29) is 5.91 Å². The summed E-state index contributed by atoms with van der Waals surface area (Å²) >= 11 is 1.42. The molecule has 1 fully saturated rings. The fourth-order valence-electron chi connectivity index (χ4n) is 1.75. The van der Waals surface area contributed by atoms with Crippen molar-refractivity contribution in [2.45, 2.75) is 6.10 Å². The lowest BCUT2D eigenvalue weighted by atomic mass is 10.2. The van der Waals surface area contributed by atoms with Gasteiger partial charge in [-0.25, -0.2) is 0 Å². The first-order chi connectivity index (χ1) is 9.24. The highest BCUT2D eigenvalue weighted by molar-refractivity contribution is 7.10. The van der Waals surface area contributed by atoms with Crippen LogP contribution >= 0.6 is 11.3 Å². The van der Waals surface area contributed by atoms with Crippen LogP contribution in [0.2, 0.25) is 0 Å². The van der Waals surface area contributed by atoms with Crippen LogP contribution in [0.3, 0.4) is 0 Å². The molecule has 2 heterocycles. The number of rotatable bonds is 1. The molecule has 0 aliphatic carbocycles. The molecule has 1 amide bonds. The van der Waals surface area contributed by atoms with Crippen LogP contribution in [-0.2, 0) is 4.74 Å². The smallest absolute Gasteiger partial charge is 0.254 e. The molecular weight excluding hydrogens is 262 g/mol. The lowest BCUT2D eigenvalue weighted by Crippen LogP contribution is -2.45. The number of hydrogen-bond donors (Lipinski definition) is 1. The second kappa shape index (κ2) is 6.35. The zero-order valence-corrected chi connectivity index (χ0v) is 11.1. The van der Waals surface area contributed by atoms with Gasteiger partial charge < -0.3 is 15.4 Å². The molecule has 1 saturated heterocycles. The first kappa shape index (κ1) is 13.6. The van der Waals surface area contributed by atoms with Gasteiger partial charge in [0.2, 0.25) is 0 Å². The minimum atomic E-state index is -0.534. The minimum Gasteiger partial charge on any atom is -0.360 e. The third kappa shape index (κ3) is 3.33. The number of morpholine rings is 1. The number of nitrogens with two attached hydrogens (primary N) is 1. The van der Waals surface area contributed by atoms with Crippen molar-refractivity contribution in [3.8, 4) is 17.9 Å². The van der Waals surface area contributed by atoms with Crippen LogP contribution in [0.4, 0.5) is 0 Å². The molecule has 2 N–H and O–H groups in total. The van der Waals surface area contributed by atoms with Gasteiger partial charge in [0.25, 0.3) is 5.91 Å². The fourth-order valence-corrected chi connectivity index (χ4v) is 2.50. The number of nitrogens with zero attached hydrogens (tertiary/aromatic N) is 2. The van der Waals surface area contributed by atoms with Crippen LogP contribution in [0.15, 0.2) is 11.4 Å². The van der Waals surface area contributed by atoms with Crippen molar-refractivity contribution >= 4 is 17.2 Å². The molecule has 0 aromatic carbocycles. The molecule has 1 unspecified atom stereocenters. The first-order valence-electron chi connectivity index (χ1n) is 5.82. The second-order valence-corrected chi connectivity index (χ2v) is 4.86. The number of thiophene rings is 1. The molecule has 1 aromatic heterocycles. The van der Waals surface area contributed by atoms with Crippen molar-refractivity contribution < 1.29 is 9.53 Å². The van der Waals surface area contributed by atoms with Crippen molar-refractivity contribution in [2.24, 2.45) is 5.73 Å². The van der Waals surface area contributed by atoms with E-state index in [0.717, 1.165) is 4.88 Å². The van der Waals surface area contributed by atoms with Crippen molar-refractivity contribution in [3.63, 3.8) is 0 Å². The summed E-state index contributed by atoms with van der Waals surface area (Å²) in [5.41, 5.74) is 5.90. The molecule has 0 radical (unpaired) electrons. The Kier molecular flexibility index (Phi) is 4.53. The summed E-state index contributed by atoms with van der Waals surface area (Å²) in [5, 5.41) is 10.6. The molecule has 0 spiro atoms. The number of carbonyl (C=O) groups excluding carboxylic acids is 1. The normalized spacial score (nSPS) is 18.3. The monoisotopic (exact) mass is 275 g/mol. The largest absolute Gasteiger partial charge is 0.360 e. The Morgan fingerprint density at radius 2 is 2.53 bits per heavy atom. The van der Waals surface area contributed by atoms with E-state index in [0.29, 0.717) is 31.8 Å². The van der Waals surface area contributed by atoms with Gasteiger partial charge in [-0.2, -0.15) is 5.26 Å². The summed E-state index contributed by atoms with van der Waals surface area (Å²) in [6.07, 6.45) is -0.534. The zero-order valence-electron chi connectivity index (χ0n) is 10.3. The number of nitriles is 1. The Bertz CT molecular complexity index is 564. The SMILES string of the molecule is N#CC1CN(C(=O)c2csc(C#CCN)c2)CCO1. The van der Waals surface area contributed by atoms with E-state index in [1.165, 1.54) is 11.3 Å². The molecule has 0 bridgehead atoms. The van der Waals surface area contributed by atoms with Gasteiger partial charge in [-0.15, -0.1) is 11.3 Å². The highest BCUT2D eigenvalue weighted by Crippen LogP contribution is 2.17. The molecule has 5 nitrogen and oxygen atoms in total. The van der Waals surface area contributed by atoms with Crippen molar-refractivity contribution in [2.75, 3.05) is 26.2 Å². The maximum atomic E-state index is 12.2. The summed E-state index contributed by atoms with van der Waals surface area (Å²) < 4.78 is 5.21. The number of ether oxygens (including phenoxy) is 1. The number of carbonyl (C=O) groups is 1. The zero-order chi connectivity index (χ0) is 13.7. The molecule has 1 aliphatic rings. The lowest BCUT2D eigenvalue weighted by molar-refractivity contribution is 0.00349. The third-order valence-corrected chi connectivity index (χ3v) is 3.50. The molecule has 1 atom stereocenters. The predicted molar refractivity (Wildman–Crippen MR) is 71.5 cm³/mol. The van der Waals surface area contributed by atoms with Crippen molar-refractivity contribution in [1.82, 2.24) is 4.90 Å². The van der Waals surface area contributed by atoms with Crippen LogP contribution in [0.5, 0.6) is 0 Å². The predicted octanol–water partition coefficient (Wildman–Crippen LogP) is 0.423. The summed E-state index contributed by atoms with van der Waals surface area (Å²) in [7, 11) is 0. The Morgan fingerprint density at radius 3 is 3.26 bits per heavy atom. The minimum absolute atomic E-state index is 0.0828. The van der Waals surface area contributed by atoms with Crippen LogP contribution in [0.25, 0.3) is 0 Å². The average molecular weight is 275 g/mol. The van der Waals surface area contributed by atoms with Gasteiger partial charge in [-0.3, -0.25) is 4.79 Å². The standard InChI is InChI=1S/C13H13N3O2S/c14-3-1-2-12-6-10(9-19-12)13(17)16-4-5-18-11(7-15)8-16/h6,9,11H,3-5,8,14H2. The highest BCUT2D eigenvalue weighted by atomic mass is 32.1. The Hall–Kier alpha value is -1.86. The van der Waals surface area contributed by atoms with E-state index in [4.69, 9.17) is 15.7 Å². The maximum Gasteiger partial charge on any atom is 0.254 e. The van der Waals surface area contributed by atoms with E-state index in [1.807, 2.05) is 6.07 Å². The molecular formula is C13H13N3O2S. The fraction of sp³-hybridized carbons (Fsp3) is 0.385. The van der Waals surface area contributed by atoms with Gasteiger partial charge in [0.05, 0.1) is 36.2 Å². The topological polar surface area (TPSA) is 79.4 Å². The van der Waals surface area contributed by atoms with E-state index in [2.05, 4.69) is 11.8 Å². The summed E-state index contributed by atoms with van der Waals surface area (Å²) in [6.45, 7) is 1.52. The van der Waals surface area contributed by atoms with E-state index in [9.17, 15) is 4.79 Å². The molecule has 0 saturated carbocycles. The lowest BCUT2D eigenvalue weighted by Gasteiger charge is -2.29. The number of hydrogen-bond acceptors (Lipinski definition) is 5. The Morgan fingerprint density at radius 1 is 1.68 bits per heavy atom. The molecule has 1 aliphatic heterocycles. The highest BCUT2D eigenvalue weighted by Gasteiger charge is 2.25. The maximum absolute atomic E-state index is 12.2. The first-order valence-corrected chi connectivity index (χ1v) is 6.70. The van der Waals surface area contributed by atoms with Crippen LogP contribution in [0, 0.1) is 23.2 Å². The molecule has 98 valence electrons. The van der Waals surface area contributed by atoms with E-state index in [1.54, 1.807) is 16.3 Å². The van der Waals surface area contributed by atoms with Gasteiger partial charge in [0.15, 0.2) is 6.10 Å². The third-order valence-electron chi connectivity index (χ3n) is 2.66. The number of amides is 1. The average Bonchev–Trinajstić information content (AvgIpc) is 2.93. The Labute approximate surface area is 115 Å². The van der Waals surface area contributed by atoms with Crippen molar-refractivity contribution in [1.29, 1.82) is 5.26 Å². The van der Waals surface area contributed by atoms with Crippen LogP contribution in [0.1, 0.15) is 15.2 Å². The Balaban J connectivity index is 2.07. The molecule has 1 aromatic rings. The summed E-state index contributed by atoms with van der Waals surface area (Å²) in [6, 6.07) is 3.78. The van der Waals surface area contributed by atoms with Crippen LogP contribution < -0.4 is 5.73 Å². The second-order valence-electron chi connectivity index (χ2n) is 3.95. The van der Waals surface area contributed by atoms with Gasteiger partial charge >= 0.3 is 0 Å². The summed E-state index contributed by atoms with van der Waals surface area (Å²) in [4.78, 5) is 14.7. The van der Waals surface area contributed by atoms with Gasteiger partial charge in [0.1, 0.15) is 0 Å². The van der Waals surface area contributed by atoms with Gasteiger partial charge in [-0.1, -0.05) is 11.8 Å². The molecule has 19 heavy (non-hydrogen) atoms. The van der Waals surface area contributed by atoms with E-state index < -0.39 is 6.10 Å². The van der Waals surface area contributed by atoms with Gasteiger partial charge in [0, 0.05) is 11.9 Å². The molecule has 2 rings (SSSR count). The van der Waals surface area contributed by atoms with E-state index >= 15 is 0 Å². The summed E-state index contributed by atoms with van der Waals surface area (Å²) in [5.74, 6) is 5.57. The quantitative estimate of drug-likeness (QED) is 0.753. The van der Waals surface area contributed by atoms with Crippen molar-refractivity contribution in [3.05, 3.63) is 21.9 Å².